The molecule has 0 bridgehead atoms. The van der Waals surface area contributed by atoms with Crippen molar-refractivity contribution in [2.75, 3.05) is 19.5 Å². The number of ether oxygens (including phenoxy) is 5. The van der Waals surface area contributed by atoms with Gasteiger partial charge in [-0.3, -0.25) is 0 Å². The van der Waals surface area contributed by atoms with Gasteiger partial charge in [-0.15, -0.1) is 0 Å². The molecule has 0 spiro atoms. The second-order valence-corrected chi connectivity index (χ2v) is 8.97. The van der Waals surface area contributed by atoms with Crippen LogP contribution in [0.15, 0.2) is 42.7 Å². The number of hydrogen-bond donors (Lipinski definition) is 2. The molecule has 4 atom stereocenters. The number of hydrogen-bond acceptors (Lipinski definition) is 9. The summed E-state index contributed by atoms with van der Waals surface area (Å²) in [5, 5.41) is 16.2. The topological polar surface area (TPSA) is 123 Å². The molecule has 10 nitrogen and oxygen atoms in total. The molecule has 0 radical (unpaired) electrons. The zero-order valence-electron chi connectivity index (χ0n) is 19.0. The van der Waals surface area contributed by atoms with Gasteiger partial charge in [0.1, 0.15) is 35.5 Å². The van der Waals surface area contributed by atoms with E-state index in [1.165, 1.54) is 10.8 Å². The molecule has 1 aromatic carbocycles. The largest absolute Gasteiger partial charge is 0.497 e. The molecule has 2 fully saturated rings. The summed E-state index contributed by atoms with van der Waals surface area (Å²) in [6, 6.07) is 11.1. The second kappa shape index (κ2) is 7.64. The van der Waals surface area contributed by atoms with Crippen LogP contribution in [0, 0.1) is 0 Å². The summed E-state index contributed by atoms with van der Waals surface area (Å²) >= 11 is 0. The molecule has 0 aliphatic carbocycles. The molecular weight excluding hydrogens is 428 g/mol. The molecule has 3 N–H and O–H groups in total. The Morgan fingerprint density at radius 3 is 2.61 bits per heavy atom. The van der Waals surface area contributed by atoms with Gasteiger partial charge >= 0.3 is 0 Å². The maximum atomic E-state index is 11.9. The molecule has 2 saturated heterocycles. The number of benzene rings is 1. The van der Waals surface area contributed by atoms with E-state index in [0.717, 1.165) is 11.3 Å². The van der Waals surface area contributed by atoms with Crippen LogP contribution < -0.4 is 10.5 Å². The Hall–Kier alpha value is -2.76. The summed E-state index contributed by atoms with van der Waals surface area (Å²) in [4.78, 5) is 4.01. The smallest absolute Gasteiger partial charge is 0.243 e. The fourth-order valence-corrected chi connectivity index (χ4v) is 4.76. The van der Waals surface area contributed by atoms with Crippen LogP contribution in [0.1, 0.15) is 32.0 Å². The van der Waals surface area contributed by atoms with Gasteiger partial charge < -0.3 is 34.5 Å². The highest BCUT2D eigenvalue weighted by atomic mass is 16.8. The molecule has 5 rings (SSSR count). The fraction of sp³-hybridized carbons (Fsp3) is 0.478. The predicted octanol–water partition coefficient (Wildman–Crippen LogP) is 1.99. The van der Waals surface area contributed by atoms with E-state index in [4.69, 9.17) is 29.4 Å². The predicted molar refractivity (Wildman–Crippen MR) is 117 cm³/mol. The van der Waals surface area contributed by atoms with Gasteiger partial charge in [0.05, 0.1) is 20.3 Å². The van der Waals surface area contributed by atoms with Crippen LogP contribution >= 0.6 is 0 Å². The number of rotatable bonds is 6. The zero-order chi connectivity index (χ0) is 23.4. The van der Waals surface area contributed by atoms with Crippen molar-refractivity contribution in [2.24, 2.45) is 0 Å². The van der Waals surface area contributed by atoms with Crippen LogP contribution in [0.4, 0.5) is 5.82 Å². The Labute approximate surface area is 191 Å². The number of methoxy groups -OCH3 is 1. The van der Waals surface area contributed by atoms with Crippen LogP contribution in [0.3, 0.4) is 0 Å². The van der Waals surface area contributed by atoms with E-state index in [2.05, 4.69) is 10.1 Å². The van der Waals surface area contributed by atoms with Crippen molar-refractivity contribution < 1.29 is 28.8 Å². The van der Waals surface area contributed by atoms with Gasteiger partial charge in [0.2, 0.25) is 5.79 Å². The number of nitrogens with two attached hydrogens (primary N) is 1. The van der Waals surface area contributed by atoms with E-state index >= 15 is 0 Å². The Balaban J connectivity index is 1.42. The average Bonchev–Trinajstić information content (AvgIpc) is 3.38. The summed E-state index contributed by atoms with van der Waals surface area (Å²) in [5.74, 6) is -1.72. The molecule has 4 heterocycles. The Kier molecular flexibility index (Phi) is 5.11. The number of anilines is 1. The number of nitrogens with zero attached hydrogens (tertiary/aromatic N) is 3. The minimum absolute atomic E-state index is 0.189. The van der Waals surface area contributed by atoms with E-state index in [0.29, 0.717) is 23.6 Å². The minimum Gasteiger partial charge on any atom is -0.497 e. The van der Waals surface area contributed by atoms with Crippen molar-refractivity contribution in [1.29, 1.82) is 0 Å². The van der Waals surface area contributed by atoms with Gasteiger partial charge in [-0.2, -0.15) is 5.10 Å². The van der Waals surface area contributed by atoms with Crippen molar-refractivity contribution in [2.45, 2.75) is 56.8 Å². The van der Waals surface area contributed by atoms with Crippen molar-refractivity contribution in [3.63, 3.8) is 0 Å². The highest BCUT2D eigenvalue weighted by Crippen LogP contribution is 2.55. The number of aliphatic hydroxyl groups is 1. The molecule has 0 saturated carbocycles. The molecular formula is C23H28N4O6. The molecule has 2 aliphatic rings. The van der Waals surface area contributed by atoms with Crippen LogP contribution in [0.2, 0.25) is 0 Å². The molecule has 3 aromatic rings. The lowest BCUT2D eigenvalue weighted by atomic mass is 9.88. The maximum Gasteiger partial charge on any atom is 0.243 e. The highest BCUT2D eigenvalue weighted by Gasteiger charge is 2.72. The monoisotopic (exact) mass is 456 g/mol. The molecule has 176 valence electrons. The Morgan fingerprint density at radius 2 is 1.88 bits per heavy atom. The first-order valence-electron chi connectivity index (χ1n) is 10.7. The summed E-state index contributed by atoms with van der Waals surface area (Å²) < 4.78 is 31.3. The first-order chi connectivity index (χ1) is 15.7. The molecule has 2 aliphatic heterocycles. The standard InChI is InChI=1S/C23H28N4O6/c1-21(2)32-19-17(12-30-11-14-5-7-15(29-4)8-6-14)31-23(28,22(19,3)33-21)18-10-9-16-20(24)25-13-26-27(16)18/h5-10,13,17,19,28H,11-12H2,1-4H3,(H2,24,25,26)/t17-,19-,22-,23?/m1/s1. The van der Waals surface area contributed by atoms with Crippen molar-refractivity contribution in [3.8, 4) is 5.75 Å². The lowest BCUT2D eigenvalue weighted by molar-refractivity contribution is -0.312. The average molecular weight is 456 g/mol. The van der Waals surface area contributed by atoms with E-state index in [9.17, 15) is 5.11 Å². The third-order valence-electron chi connectivity index (χ3n) is 6.28. The van der Waals surface area contributed by atoms with Crippen LogP contribution in [0.5, 0.6) is 5.75 Å². The molecule has 0 amide bonds. The van der Waals surface area contributed by atoms with Gasteiger partial charge in [0.15, 0.2) is 17.2 Å². The third kappa shape index (κ3) is 3.46. The molecule has 1 unspecified atom stereocenters. The van der Waals surface area contributed by atoms with Gasteiger partial charge in [-0.05, 0) is 50.6 Å². The number of fused-ring (bicyclic) bond motifs is 2. The number of nitrogen functional groups attached to an aromatic ring is 1. The summed E-state index contributed by atoms with van der Waals surface area (Å²) in [6.45, 7) is 5.95. The highest BCUT2D eigenvalue weighted by molar-refractivity contribution is 5.65. The van der Waals surface area contributed by atoms with Gasteiger partial charge in [0, 0.05) is 0 Å². The summed E-state index contributed by atoms with van der Waals surface area (Å²) in [6.07, 6.45) is 0.151. The Morgan fingerprint density at radius 1 is 1.12 bits per heavy atom. The van der Waals surface area contributed by atoms with E-state index in [1.54, 1.807) is 26.2 Å². The second-order valence-electron chi connectivity index (χ2n) is 8.97. The van der Waals surface area contributed by atoms with Crippen molar-refractivity contribution >= 4 is 11.3 Å². The lowest BCUT2D eigenvalue weighted by Gasteiger charge is -2.36. The van der Waals surface area contributed by atoms with Gasteiger partial charge in [0.25, 0.3) is 0 Å². The van der Waals surface area contributed by atoms with Crippen LogP contribution in [-0.4, -0.2) is 57.0 Å². The molecule has 10 heteroatoms. The molecule has 2 aromatic heterocycles. The van der Waals surface area contributed by atoms with Crippen molar-refractivity contribution in [1.82, 2.24) is 14.6 Å². The quantitative estimate of drug-likeness (QED) is 0.573. The van der Waals surface area contributed by atoms with Gasteiger partial charge in [-0.1, -0.05) is 12.1 Å². The van der Waals surface area contributed by atoms with Crippen LogP contribution in [-0.2, 0) is 31.3 Å². The van der Waals surface area contributed by atoms with E-state index in [1.807, 2.05) is 38.1 Å². The van der Waals surface area contributed by atoms with E-state index in [-0.39, 0.29) is 6.61 Å². The fourth-order valence-electron chi connectivity index (χ4n) is 4.76. The SMILES string of the molecule is COc1ccc(COC[C@H]2OC(O)(c3ccc4c(N)ncnn34)[C@]3(C)OC(C)(C)O[C@H]23)cc1. The zero-order valence-corrected chi connectivity index (χ0v) is 19.0. The minimum atomic E-state index is -1.87. The van der Waals surface area contributed by atoms with Crippen LogP contribution in [0.25, 0.3) is 5.52 Å². The van der Waals surface area contributed by atoms with Gasteiger partial charge in [-0.25, -0.2) is 9.50 Å². The molecule has 33 heavy (non-hydrogen) atoms. The normalized spacial score (nSPS) is 30.6. The third-order valence-corrected chi connectivity index (χ3v) is 6.28. The lowest BCUT2D eigenvalue weighted by Crippen LogP contribution is -2.52. The Bertz CT molecular complexity index is 1170. The summed E-state index contributed by atoms with van der Waals surface area (Å²) in [5.41, 5.74) is 6.68. The number of aromatic nitrogens is 3. The first-order valence-corrected chi connectivity index (χ1v) is 10.7. The summed E-state index contributed by atoms with van der Waals surface area (Å²) in [7, 11) is 1.63. The van der Waals surface area contributed by atoms with Crippen molar-refractivity contribution in [3.05, 3.63) is 54.0 Å². The maximum absolute atomic E-state index is 11.9. The first kappa shape index (κ1) is 22.1. The van der Waals surface area contributed by atoms with E-state index < -0.39 is 29.4 Å².